The predicted molar refractivity (Wildman–Crippen MR) is 86.7 cm³/mol. The lowest BCUT2D eigenvalue weighted by Crippen LogP contribution is -2.11. The van der Waals surface area contributed by atoms with E-state index in [0.717, 1.165) is 23.2 Å². The van der Waals surface area contributed by atoms with Crippen LogP contribution < -0.4 is 0 Å². The van der Waals surface area contributed by atoms with Crippen LogP contribution in [-0.2, 0) is 11.2 Å². The molecule has 8 heteroatoms. The molecule has 21 heavy (non-hydrogen) atoms. The molecule has 1 aliphatic heterocycles. The Balaban J connectivity index is 1.90. The first kappa shape index (κ1) is 14.7. The second-order valence-corrected chi connectivity index (χ2v) is 7.26. The number of hydrogen-bond donors (Lipinski definition) is 1. The van der Waals surface area contributed by atoms with Crippen molar-refractivity contribution in [1.29, 1.82) is 5.41 Å². The monoisotopic (exact) mass is 383 g/mol. The van der Waals surface area contributed by atoms with Crippen LogP contribution in [0, 0.1) is 5.41 Å². The minimum absolute atomic E-state index is 0.115. The second kappa shape index (κ2) is 5.86. The number of aromatic nitrogens is 2. The lowest BCUT2D eigenvalue weighted by Gasteiger charge is -2.00. The fraction of sp³-hybridized carbons (Fsp3) is 0.231. The van der Waals surface area contributed by atoms with Crippen molar-refractivity contribution in [2.75, 3.05) is 0 Å². The number of nitrogens with one attached hydrogen (secondary N) is 1. The summed E-state index contributed by atoms with van der Waals surface area (Å²) >= 11 is 5.77. The van der Waals surface area contributed by atoms with E-state index in [4.69, 9.17) is 9.83 Å². The first-order valence-electron chi connectivity index (χ1n) is 6.18. The van der Waals surface area contributed by atoms with E-state index in [1.165, 1.54) is 11.3 Å². The summed E-state index contributed by atoms with van der Waals surface area (Å²) in [5.74, 6) is -0.147. The van der Waals surface area contributed by atoms with Crippen LogP contribution in [0.3, 0.4) is 0 Å². The Kier molecular flexibility index (Phi) is 4.10. The molecule has 3 heterocycles. The first-order valence-corrected chi connectivity index (χ1v) is 8.61. The summed E-state index contributed by atoms with van der Waals surface area (Å²) in [7, 11) is 0. The van der Waals surface area contributed by atoms with Crippen molar-refractivity contribution in [2.45, 2.75) is 19.3 Å². The molecule has 108 valence electrons. The topological polar surface area (TPSA) is 79.8 Å². The number of nitrogens with zero attached hydrogens (tertiary/aromatic N) is 2. The van der Waals surface area contributed by atoms with Crippen molar-refractivity contribution in [1.82, 2.24) is 10.2 Å². The van der Waals surface area contributed by atoms with Gasteiger partial charge in [0, 0.05) is 0 Å². The molecule has 1 saturated heterocycles. The Morgan fingerprint density at radius 2 is 2.29 bits per heavy atom. The number of aryl methyl sites for hydroxylation is 1. The minimum Gasteiger partial charge on any atom is -0.450 e. The van der Waals surface area contributed by atoms with Gasteiger partial charge in [-0.1, -0.05) is 18.7 Å². The molecule has 1 unspecified atom stereocenters. The van der Waals surface area contributed by atoms with E-state index in [-0.39, 0.29) is 10.8 Å². The third-order valence-corrected chi connectivity index (χ3v) is 5.44. The zero-order valence-corrected chi connectivity index (χ0v) is 14.1. The van der Waals surface area contributed by atoms with Crippen LogP contribution in [0.25, 0.3) is 6.08 Å². The molecule has 5 nitrogen and oxygen atoms in total. The number of furan rings is 1. The third kappa shape index (κ3) is 2.88. The first-order chi connectivity index (χ1) is 10.1. The average Bonchev–Trinajstić information content (AvgIpc) is 3.12. The SMILES string of the molecule is CCc1nnc(C2C(=N)SC(=Cc3ccc(Br)o3)C2=O)s1. The van der Waals surface area contributed by atoms with Crippen LogP contribution in [0.5, 0.6) is 0 Å². The molecule has 0 radical (unpaired) electrons. The van der Waals surface area contributed by atoms with Crippen LogP contribution in [0.1, 0.15) is 28.6 Å². The summed E-state index contributed by atoms with van der Waals surface area (Å²) in [5.41, 5.74) is 0. The Bertz CT molecular complexity index is 750. The molecule has 3 rings (SSSR count). The highest BCUT2D eigenvalue weighted by atomic mass is 79.9. The Morgan fingerprint density at radius 3 is 2.90 bits per heavy atom. The Morgan fingerprint density at radius 1 is 1.48 bits per heavy atom. The van der Waals surface area contributed by atoms with Gasteiger partial charge in [-0.05, 0) is 40.6 Å². The lowest BCUT2D eigenvalue weighted by molar-refractivity contribution is -0.114. The highest BCUT2D eigenvalue weighted by Gasteiger charge is 2.39. The second-order valence-electron chi connectivity index (χ2n) is 4.30. The normalized spacial score (nSPS) is 20.7. The zero-order chi connectivity index (χ0) is 15.0. The predicted octanol–water partition coefficient (Wildman–Crippen LogP) is 3.87. The van der Waals surface area contributed by atoms with Gasteiger partial charge in [0.15, 0.2) is 10.5 Å². The standard InChI is InChI=1S/C13H10BrN3O2S2/c1-2-9-16-17-13(21-9)10-11(18)7(20-12(10)15)5-6-3-4-8(14)19-6/h3-5,10,15H,2H2,1H3. The van der Waals surface area contributed by atoms with Crippen molar-refractivity contribution >= 4 is 55.9 Å². The maximum Gasteiger partial charge on any atom is 0.186 e. The van der Waals surface area contributed by atoms with Gasteiger partial charge in [0.1, 0.15) is 21.7 Å². The molecule has 1 aliphatic rings. The summed E-state index contributed by atoms with van der Waals surface area (Å²) in [6.07, 6.45) is 2.44. The molecule has 2 aromatic rings. The van der Waals surface area contributed by atoms with Crippen molar-refractivity contribution in [3.05, 3.63) is 37.5 Å². The van der Waals surface area contributed by atoms with E-state index >= 15 is 0 Å². The van der Waals surface area contributed by atoms with E-state index in [1.807, 2.05) is 6.92 Å². The fourth-order valence-corrected chi connectivity index (χ4v) is 4.13. The number of rotatable bonds is 3. The molecule has 1 atom stereocenters. The van der Waals surface area contributed by atoms with E-state index in [2.05, 4.69) is 26.1 Å². The van der Waals surface area contributed by atoms with Gasteiger partial charge >= 0.3 is 0 Å². The number of hydrogen-bond acceptors (Lipinski definition) is 7. The summed E-state index contributed by atoms with van der Waals surface area (Å²) in [6, 6.07) is 3.53. The van der Waals surface area contributed by atoms with Crippen molar-refractivity contribution in [2.24, 2.45) is 0 Å². The van der Waals surface area contributed by atoms with E-state index in [9.17, 15) is 4.79 Å². The van der Waals surface area contributed by atoms with Crippen LogP contribution in [-0.4, -0.2) is 21.0 Å². The van der Waals surface area contributed by atoms with Crippen molar-refractivity contribution < 1.29 is 9.21 Å². The molecular formula is C13H10BrN3O2S2. The zero-order valence-electron chi connectivity index (χ0n) is 10.9. The largest absolute Gasteiger partial charge is 0.450 e. The molecule has 0 aliphatic carbocycles. The molecule has 2 aromatic heterocycles. The number of allylic oxidation sites excluding steroid dienone is 1. The molecule has 1 fully saturated rings. The number of ketones is 1. The van der Waals surface area contributed by atoms with Gasteiger partial charge in [0.05, 0.1) is 9.95 Å². The van der Waals surface area contributed by atoms with Gasteiger partial charge in [-0.25, -0.2) is 0 Å². The number of halogens is 1. The molecule has 0 spiro atoms. The van der Waals surface area contributed by atoms with Crippen LogP contribution in [0.4, 0.5) is 0 Å². The van der Waals surface area contributed by atoms with E-state index in [1.54, 1.807) is 18.2 Å². The maximum absolute atomic E-state index is 12.5. The number of thioether (sulfide) groups is 1. The molecule has 0 amide bonds. The van der Waals surface area contributed by atoms with Crippen LogP contribution in [0.15, 0.2) is 26.1 Å². The fourth-order valence-electron chi connectivity index (χ4n) is 1.88. The number of Topliss-reactive ketones (excluding diaryl/α,β-unsaturated/α-hetero) is 1. The molecule has 0 aromatic carbocycles. The molecule has 1 N–H and O–H groups in total. The van der Waals surface area contributed by atoms with Gasteiger partial charge in [0.2, 0.25) is 0 Å². The highest BCUT2D eigenvalue weighted by molar-refractivity contribution is 9.10. The van der Waals surface area contributed by atoms with E-state index < -0.39 is 5.92 Å². The highest BCUT2D eigenvalue weighted by Crippen LogP contribution is 2.41. The van der Waals surface area contributed by atoms with Gasteiger partial charge in [0.25, 0.3) is 0 Å². The van der Waals surface area contributed by atoms with Crippen LogP contribution >= 0.6 is 39.0 Å². The summed E-state index contributed by atoms with van der Waals surface area (Å²) in [5, 5.41) is 17.9. The minimum atomic E-state index is -0.613. The van der Waals surface area contributed by atoms with Crippen molar-refractivity contribution in [3.8, 4) is 0 Å². The van der Waals surface area contributed by atoms with Gasteiger partial charge in [-0.15, -0.1) is 21.5 Å². The molecule has 0 saturated carbocycles. The summed E-state index contributed by atoms with van der Waals surface area (Å²) < 4.78 is 5.98. The Labute approximate surface area is 137 Å². The average molecular weight is 384 g/mol. The number of carbonyl (C=O) groups is 1. The van der Waals surface area contributed by atoms with Gasteiger partial charge in [-0.2, -0.15) is 0 Å². The molecule has 0 bridgehead atoms. The number of carbonyl (C=O) groups excluding carboxylic acids is 1. The maximum atomic E-state index is 12.5. The van der Waals surface area contributed by atoms with Crippen molar-refractivity contribution in [3.63, 3.8) is 0 Å². The molecular weight excluding hydrogens is 374 g/mol. The summed E-state index contributed by atoms with van der Waals surface area (Å²) in [4.78, 5) is 13.0. The smallest absolute Gasteiger partial charge is 0.186 e. The van der Waals surface area contributed by atoms with Gasteiger partial charge < -0.3 is 4.42 Å². The van der Waals surface area contributed by atoms with Gasteiger partial charge in [-0.3, -0.25) is 10.2 Å². The summed E-state index contributed by atoms with van der Waals surface area (Å²) in [6.45, 7) is 1.99. The van der Waals surface area contributed by atoms with E-state index in [0.29, 0.717) is 20.3 Å². The quantitative estimate of drug-likeness (QED) is 0.813. The Hall–Kier alpha value is -1.25. The van der Waals surface area contributed by atoms with Crippen LogP contribution in [0.2, 0.25) is 0 Å². The lowest BCUT2D eigenvalue weighted by atomic mass is 10.1. The third-order valence-electron chi connectivity index (χ3n) is 2.89.